The van der Waals surface area contributed by atoms with Crippen molar-refractivity contribution < 1.29 is 22.7 Å². The van der Waals surface area contributed by atoms with Gasteiger partial charge in [0.1, 0.15) is 5.75 Å². The average molecular weight is 420 g/mol. The molecule has 1 aliphatic heterocycles. The van der Waals surface area contributed by atoms with Gasteiger partial charge in [-0.05, 0) is 48.5 Å². The first-order valence-corrected chi connectivity index (χ1v) is 10.7. The Morgan fingerprint density at radius 3 is 2.31 bits per heavy atom. The minimum Gasteiger partial charge on any atom is -0.497 e. The number of ether oxygens (including phenoxy) is 2. The number of carbonyl (C=O) groups is 1. The van der Waals surface area contributed by atoms with Crippen LogP contribution in [0.5, 0.6) is 5.75 Å². The van der Waals surface area contributed by atoms with Crippen molar-refractivity contribution in [2.45, 2.75) is 4.90 Å². The lowest BCUT2D eigenvalue weighted by Gasteiger charge is -2.28. The van der Waals surface area contributed by atoms with Gasteiger partial charge in [-0.15, -0.1) is 0 Å². The van der Waals surface area contributed by atoms with Crippen LogP contribution in [0.4, 0.5) is 11.4 Å². The zero-order valence-corrected chi connectivity index (χ0v) is 17.3. The van der Waals surface area contributed by atoms with Crippen molar-refractivity contribution in [2.24, 2.45) is 0 Å². The maximum Gasteiger partial charge on any atom is 0.243 e. The lowest BCUT2D eigenvalue weighted by molar-refractivity contribution is -0.116. The predicted molar refractivity (Wildman–Crippen MR) is 111 cm³/mol. The number of rotatable bonds is 7. The summed E-state index contributed by atoms with van der Waals surface area (Å²) in [4.78, 5) is 14.6. The van der Waals surface area contributed by atoms with Crippen LogP contribution >= 0.6 is 0 Å². The second-order valence-corrected chi connectivity index (χ2v) is 8.68. The van der Waals surface area contributed by atoms with E-state index in [4.69, 9.17) is 9.47 Å². The zero-order chi connectivity index (χ0) is 20.9. The lowest BCUT2D eigenvalue weighted by Crippen LogP contribution is -2.36. The summed E-state index contributed by atoms with van der Waals surface area (Å²) in [7, 11) is -0.891. The fraction of sp³-hybridized carbons (Fsp3) is 0.350. The molecule has 1 heterocycles. The van der Waals surface area contributed by atoms with Crippen LogP contribution in [0.25, 0.3) is 0 Å². The van der Waals surface area contributed by atoms with E-state index in [1.165, 1.54) is 26.3 Å². The van der Waals surface area contributed by atoms with Gasteiger partial charge in [-0.1, -0.05) is 0 Å². The molecule has 8 nitrogen and oxygen atoms in total. The molecule has 1 amide bonds. The van der Waals surface area contributed by atoms with Gasteiger partial charge in [-0.25, -0.2) is 8.42 Å². The number of hydrogen-bond acceptors (Lipinski definition) is 6. The van der Waals surface area contributed by atoms with Gasteiger partial charge in [0.05, 0.1) is 31.8 Å². The van der Waals surface area contributed by atoms with Gasteiger partial charge < -0.3 is 19.7 Å². The van der Waals surface area contributed by atoms with Gasteiger partial charge in [0, 0.05) is 31.5 Å². The monoisotopic (exact) mass is 419 g/mol. The van der Waals surface area contributed by atoms with E-state index in [1.54, 1.807) is 24.3 Å². The number of benzene rings is 2. The van der Waals surface area contributed by atoms with E-state index < -0.39 is 15.9 Å². The molecule has 1 saturated heterocycles. The van der Waals surface area contributed by atoms with E-state index in [-0.39, 0.29) is 11.4 Å². The van der Waals surface area contributed by atoms with Gasteiger partial charge in [0.15, 0.2) is 0 Å². The summed E-state index contributed by atoms with van der Waals surface area (Å²) in [6.45, 7) is 2.78. The van der Waals surface area contributed by atoms with Crippen LogP contribution in [0.1, 0.15) is 0 Å². The van der Waals surface area contributed by atoms with Crippen LogP contribution in [-0.2, 0) is 19.6 Å². The second-order valence-electron chi connectivity index (χ2n) is 6.63. The molecule has 156 valence electrons. The number of sulfonamides is 1. The maximum absolute atomic E-state index is 12.6. The summed E-state index contributed by atoms with van der Waals surface area (Å²) in [6, 6.07) is 13.5. The first kappa shape index (κ1) is 21.1. The molecular weight excluding hydrogens is 394 g/mol. The summed E-state index contributed by atoms with van der Waals surface area (Å²) in [6.07, 6.45) is 0. The average Bonchev–Trinajstić information content (AvgIpc) is 2.74. The normalized spacial score (nSPS) is 14.7. The number of nitrogens with zero attached hydrogens (tertiary/aromatic N) is 2. The first-order valence-electron chi connectivity index (χ1n) is 9.23. The molecule has 2 aromatic carbocycles. The lowest BCUT2D eigenvalue weighted by atomic mass is 10.2. The molecule has 0 unspecified atom stereocenters. The van der Waals surface area contributed by atoms with Crippen LogP contribution in [-0.4, -0.2) is 65.6 Å². The van der Waals surface area contributed by atoms with Gasteiger partial charge >= 0.3 is 0 Å². The molecule has 1 N–H and O–H groups in total. The third-order valence-electron chi connectivity index (χ3n) is 4.66. The number of methoxy groups -OCH3 is 1. The van der Waals surface area contributed by atoms with Crippen LogP contribution in [0, 0.1) is 0 Å². The van der Waals surface area contributed by atoms with Crippen LogP contribution in [0.3, 0.4) is 0 Å². The fourth-order valence-corrected chi connectivity index (χ4v) is 4.12. The molecule has 0 aliphatic carbocycles. The zero-order valence-electron chi connectivity index (χ0n) is 16.5. The Morgan fingerprint density at radius 1 is 1.10 bits per heavy atom. The standard InChI is InChI=1S/C20H25N3O5S/c1-22(29(25,26)19-9-7-18(27-2)8-10-19)15-20(24)21-16-3-5-17(6-4-16)23-11-13-28-14-12-23/h3-10H,11-15H2,1-2H3,(H,21,24). The number of hydrogen-bond donors (Lipinski definition) is 1. The molecule has 1 aliphatic rings. The van der Waals surface area contributed by atoms with Crippen molar-refractivity contribution in [3.05, 3.63) is 48.5 Å². The molecule has 9 heteroatoms. The van der Waals surface area contributed by atoms with Crippen molar-refractivity contribution in [3.63, 3.8) is 0 Å². The van der Waals surface area contributed by atoms with E-state index in [0.29, 0.717) is 24.7 Å². The number of nitrogens with one attached hydrogen (secondary N) is 1. The molecule has 0 spiro atoms. The molecule has 0 radical (unpaired) electrons. The topological polar surface area (TPSA) is 88.2 Å². The van der Waals surface area contributed by atoms with E-state index >= 15 is 0 Å². The second kappa shape index (κ2) is 9.25. The highest BCUT2D eigenvalue weighted by atomic mass is 32.2. The van der Waals surface area contributed by atoms with Crippen molar-refractivity contribution in [1.29, 1.82) is 0 Å². The SMILES string of the molecule is COc1ccc(S(=O)(=O)N(C)CC(=O)Nc2ccc(N3CCOCC3)cc2)cc1. The molecule has 0 saturated carbocycles. The Hall–Kier alpha value is -2.62. The van der Waals surface area contributed by atoms with Crippen molar-refractivity contribution in [2.75, 3.05) is 57.2 Å². The third-order valence-corrected chi connectivity index (χ3v) is 6.48. The van der Waals surface area contributed by atoms with E-state index in [9.17, 15) is 13.2 Å². The number of likely N-dealkylation sites (N-methyl/N-ethyl adjacent to an activating group) is 1. The Bertz CT molecular complexity index is 924. The number of anilines is 2. The van der Waals surface area contributed by atoms with Gasteiger partial charge in [0.2, 0.25) is 15.9 Å². The van der Waals surface area contributed by atoms with E-state index in [2.05, 4.69) is 10.2 Å². The predicted octanol–water partition coefficient (Wildman–Crippen LogP) is 1.79. The van der Waals surface area contributed by atoms with E-state index in [0.717, 1.165) is 23.1 Å². The van der Waals surface area contributed by atoms with Crippen LogP contribution in [0.15, 0.2) is 53.4 Å². The minimum absolute atomic E-state index is 0.100. The highest BCUT2D eigenvalue weighted by Gasteiger charge is 2.23. The number of carbonyl (C=O) groups excluding carboxylic acids is 1. The van der Waals surface area contributed by atoms with Gasteiger partial charge in [-0.2, -0.15) is 4.31 Å². The Balaban J connectivity index is 1.59. The summed E-state index contributed by atoms with van der Waals surface area (Å²) >= 11 is 0. The van der Waals surface area contributed by atoms with Crippen molar-refractivity contribution >= 4 is 27.3 Å². The molecule has 0 aromatic heterocycles. The summed E-state index contributed by atoms with van der Waals surface area (Å²) in [5.41, 5.74) is 1.67. The Morgan fingerprint density at radius 2 is 1.72 bits per heavy atom. The molecule has 3 rings (SSSR count). The van der Waals surface area contributed by atoms with Crippen LogP contribution in [0.2, 0.25) is 0 Å². The Labute approximate surface area is 171 Å². The van der Waals surface area contributed by atoms with E-state index in [1.807, 2.05) is 12.1 Å². The minimum atomic E-state index is -3.77. The molecule has 1 fully saturated rings. The third kappa shape index (κ3) is 5.26. The molecule has 2 aromatic rings. The maximum atomic E-state index is 12.6. The molecular formula is C20H25N3O5S. The smallest absolute Gasteiger partial charge is 0.243 e. The van der Waals surface area contributed by atoms with Crippen molar-refractivity contribution in [1.82, 2.24) is 4.31 Å². The van der Waals surface area contributed by atoms with Crippen molar-refractivity contribution in [3.8, 4) is 5.75 Å². The summed E-state index contributed by atoms with van der Waals surface area (Å²) in [5, 5.41) is 2.74. The van der Waals surface area contributed by atoms with Gasteiger partial charge in [0.25, 0.3) is 0 Å². The van der Waals surface area contributed by atoms with Crippen LogP contribution < -0.4 is 15.0 Å². The molecule has 0 bridgehead atoms. The largest absolute Gasteiger partial charge is 0.497 e. The Kier molecular flexibility index (Phi) is 6.73. The molecule has 0 atom stereocenters. The first-order chi connectivity index (χ1) is 13.9. The fourth-order valence-electron chi connectivity index (χ4n) is 2.99. The molecule has 29 heavy (non-hydrogen) atoms. The number of amides is 1. The highest BCUT2D eigenvalue weighted by molar-refractivity contribution is 7.89. The number of morpholine rings is 1. The summed E-state index contributed by atoms with van der Waals surface area (Å²) < 4.78 is 36.7. The van der Waals surface area contributed by atoms with Gasteiger partial charge in [-0.3, -0.25) is 4.79 Å². The quantitative estimate of drug-likeness (QED) is 0.736. The highest BCUT2D eigenvalue weighted by Crippen LogP contribution is 2.20. The summed E-state index contributed by atoms with van der Waals surface area (Å²) in [5.74, 6) is 0.147.